The SMILES string of the molecule is Cc1cn2c(C3CC3(F)P)ncc2c(=O)n1Cc1cccc(F)c1. The Labute approximate surface area is 139 Å². The molecule has 3 atom stereocenters. The molecule has 0 spiro atoms. The molecule has 0 aliphatic heterocycles. The summed E-state index contributed by atoms with van der Waals surface area (Å²) in [4.78, 5) is 17.0. The van der Waals surface area contributed by atoms with Crippen molar-refractivity contribution in [3.8, 4) is 0 Å². The number of rotatable bonds is 3. The summed E-state index contributed by atoms with van der Waals surface area (Å²) < 4.78 is 30.6. The van der Waals surface area contributed by atoms with Crippen LogP contribution in [-0.4, -0.2) is 19.4 Å². The molecule has 4 rings (SSSR count). The molecule has 1 saturated carbocycles. The first-order valence-electron chi connectivity index (χ1n) is 7.66. The van der Waals surface area contributed by atoms with Crippen LogP contribution in [0.15, 0.2) is 41.5 Å². The van der Waals surface area contributed by atoms with E-state index in [1.54, 1.807) is 34.2 Å². The zero-order valence-corrected chi connectivity index (χ0v) is 14.2. The summed E-state index contributed by atoms with van der Waals surface area (Å²) in [7, 11) is 2.21. The van der Waals surface area contributed by atoms with Crippen molar-refractivity contribution in [2.75, 3.05) is 0 Å². The molecule has 1 aliphatic rings. The fourth-order valence-corrected chi connectivity index (χ4v) is 3.44. The van der Waals surface area contributed by atoms with E-state index in [1.807, 2.05) is 0 Å². The maximum absolute atomic E-state index is 14.0. The Bertz CT molecular complexity index is 1010. The Balaban J connectivity index is 1.80. The van der Waals surface area contributed by atoms with Gasteiger partial charge in [0.15, 0.2) is 0 Å². The quantitative estimate of drug-likeness (QED) is 0.683. The topological polar surface area (TPSA) is 39.3 Å². The van der Waals surface area contributed by atoms with Crippen molar-refractivity contribution in [2.24, 2.45) is 0 Å². The molecular formula is C17H16F2N3OP. The van der Waals surface area contributed by atoms with Crippen LogP contribution in [0.5, 0.6) is 0 Å². The van der Waals surface area contributed by atoms with Gasteiger partial charge in [0, 0.05) is 11.9 Å². The number of aromatic nitrogens is 3. The zero-order chi connectivity index (χ0) is 17.1. The largest absolute Gasteiger partial charge is 0.305 e. The van der Waals surface area contributed by atoms with Gasteiger partial charge in [0.1, 0.15) is 22.6 Å². The predicted molar refractivity (Wildman–Crippen MR) is 90.6 cm³/mol. The Morgan fingerprint density at radius 3 is 2.88 bits per heavy atom. The number of aryl methyl sites for hydroxylation is 1. The molecule has 0 bridgehead atoms. The Morgan fingerprint density at radius 1 is 1.46 bits per heavy atom. The fourth-order valence-electron chi connectivity index (χ4n) is 3.06. The lowest BCUT2D eigenvalue weighted by molar-refractivity contribution is 0.422. The van der Waals surface area contributed by atoms with Gasteiger partial charge in [0.2, 0.25) is 0 Å². The average Bonchev–Trinajstić information content (AvgIpc) is 2.95. The summed E-state index contributed by atoms with van der Waals surface area (Å²) in [5, 5.41) is -1.33. The van der Waals surface area contributed by atoms with Crippen LogP contribution in [0, 0.1) is 12.7 Å². The maximum atomic E-state index is 14.0. The Kier molecular flexibility index (Phi) is 3.36. The third-order valence-corrected chi connectivity index (χ3v) is 5.15. The molecule has 3 aromatic rings. The number of alkyl halides is 1. The number of hydrogen-bond acceptors (Lipinski definition) is 2. The molecule has 2 aromatic heterocycles. The van der Waals surface area contributed by atoms with Crippen LogP contribution in [0.3, 0.4) is 0 Å². The number of benzene rings is 1. The van der Waals surface area contributed by atoms with Crippen molar-refractivity contribution in [1.29, 1.82) is 0 Å². The molecule has 3 unspecified atom stereocenters. The third kappa shape index (κ3) is 2.46. The number of fused-ring (bicyclic) bond motifs is 1. The van der Waals surface area contributed by atoms with Crippen LogP contribution in [0.25, 0.3) is 5.52 Å². The summed E-state index contributed by atoms with van der Waals surface area (Å²) in [6.45, 7) is 2.08. The minimum absolute atomic E-state index is 0.216. The minimum Gasteiger partial charge on any atom is -0.305 e. The fraction of sp³-hybridized carbons (Fsp3) is 0.294. The number of hydrogen-bond donors (Lipinski definition) is 0. The van der Waals surface area contributed by atoms with E-state index in [2.05, 4.69) is 14.2 Å². The number of nitrogens with zero attached hydrogens (tertiary/aromatic N) is 3. The van der Waals surface area contributed by atoms with E-state index in [9.17, 15) is 13.6 Å². The standard InChI is InChI=1S/C17H16F2N3OP/c1-10-8-22-14(7-20-15(22)13-6-17(13,19)24)16(23)21(10)9-11-3-2-4-12(18)5-11/h2-5,7-8,13H,6,9,24H2,1H3. The predicted octanol–water partition coefficient (Wildman–Crippen LogP) is 3.02. The van der Waals surface area contributed by atoms with Crippen molar-refractivity contribution in [1.82, 2.24) is 14.0 Å². The molecule has 1 aromatic carbocycles. The maximum Gasteiger partial charge on any atom is 0.276 e. The summed E-state index contributed by atoms with van der Waals surface area (Å²) in [6, 6.07) is 6.17. The van der Waals surface area contributed by atoms with E-state index in [1.165, 1.54) is 18.3 Å². The van der Waals surface area contributed by atoms with Crippen LogP contribution in [0.2, 0.25) is 0 Å². The molecule has 0 N–H and O–H groups in total. The third-order valence-electron chi connectivity index (χ3n) is 4.51. The second-order valence-corrected chi connectivity index (χ2v) is 7.31. The average molecular weight is 347 g/mol. The highest BCUT2D eigenvalue weighted by Crippen LogP contribution is 2.58. The van der Waals surface area contributed by atoms with Crippen LogP contribution in [0.1, 0.15) is 29.4 Å². The van der Waals surface area contributed by atoms with E-state index in [4.69, 9.17) is 0 Å². The molecule has 1 aliphatic carbocycles. The lowest BCUT2D eigenvalue weighted by Crippen LogP contribution is -2.25. The van der Waals surface area contributed by atoms with E-state index < -0.39 is 5.41 Å². The van der Waals surface area contributed by atoms with E-state index in [-0.39, 0.29) is 23.8 Å². The first-order valence-corrected chi connectivity index (χ1v) is 8.24. The second kappa shape index (κ2) is 5.21. The molecule has 1 fully saturated rings. The smallest absolute Gasteiger partial charge is 0.276 e. The first-order chi connectivity index (χ1) is 11.4. The Morgan fingerprint density at radius 2 is 2.21 bits per heavy atom. The lowest BCUT2D eigenvalue weighted by Gasteiger charge is -2.12. The minimum atomic E-state index is -1.33. The molecule has 0 amide bonds. The summed E-state index contributed by atoms with van der Waals surface area (Å²) in [5.74, 6) is -0.0668. The van der Waals surface area contributed by atoms with Crippen LogP contribution in [0.4, 0.5) is 8.78 Å². The highest BCUT2D eigenvalue weighted by Gasteiger charge is 2.54. The van der Waals surface area contributed by atoms with Gasteiger partial charge in [0.25, 0.3) is 5.56 Å². The number of imidazole rings is 1. The summed E-state index contributed by atoms with van der Waals surface area (Å²) in [5.41, 5.74) is 1.61. The second-order valence-electron chi connectivity index (χ2n) is 6.35. The monoisotopic (exact) mass is 347 g/mol. The molecule has 7 heteroatoms. The molecular weight excluding hydrogens is 331 g/mol. The van der Waals surface area contributed by atoms with Gasteiger partial charge in [-0.2, -0.15) is 0 Å². The van der Waals surface area contributed by atoms with Crippen molar-refractivity contribution >= 4 is 14.8 Å². The van der Waals surface area contributed by atoms with E-state index in [0.717, 1.165) is 0 Å². The summed E-state index contributed by atoms with van der Waals surface area (Å²) >= 11 is 0. The van der Waals surface area contributed by atoms with Gasteiger partial charge >= 0.3 is 0 Å². The zero-order valence-electron chi connectivity index (χ0n) is 13.0. The van der Waals surface area contributed by atoms with Crippen molar-refractivity contribution in [3.63, 3.8) is 0 Å². The van der Waals surface area contributed by atoms with Gasteiger partial charge in [0.05, 0.1) is 18.7 Å². The van der Waals surface area contributed by atoms with Crippen molar-refractivity contribution < 1.29 is 8.78 Å². The molecule has 24 heavy (non-hydrogen) atoms. The van der Waals surface area contributed by atoms with Gasteiger partial charge in [-0.05, 0) is 31.0 Å². The normalized spacial score (nSPS) is 22.9. The molecule has 4 nitrogen and oxygen atoms in total. The van der Waals surface area contributed by atoms with Gasteiger partial charge in [-0.1, -0.05) is 21.4 Å². The van der Waals surface area contributed by atoms with Crippen LogP contribution in [-0.2, 0) is 6.54 Å². The van der Waals surface area contributed by atoms with E-state index in [0.29, 0.717) is 29.0 Å². The van der Waals surface area contributed by atoms with Crippen LogP contribution < -0.4 is 5.56 Å². The van der Waals surface area contributed by atoms with Gasteiger partial charge in [-0.25, -0.2) is 13.8 Å². The molecule has 124 valence electrons. The Hall–Kier alpha value is -2.07. The van der Waals surface area contributed by atoms with Crippen LogP contribution >= 0.6 is 9.24 Å². The van der Waals surface area contributed by atoms with Crippen molar-refractivity contribution in [2.45, 2.75) is 31.2 Å². The molecule has 2 heterocycles. The van der Waals surface area contributed by atoms with Gasteiger partial charge in [-0.3, -0.25) is 9.20 Å². The van der Waals surface area contributed by atoms with Gasteiger partial charge < -0.3 is 4.57 Å². The lowest BCUT2D eigenvalue weighted by atomic mass is 10.2. The highest BCUT2D eigenvalue weighted by atomic mass is 31.0. The molecule has 0 saturated heterocycles. The van der Waals surface area contributed by atoms with E-state index >= 15 is 0 Å². The molecule has 0 radical (unpaired) electrons. The summed E-state index contributed by atoms with van der Waals surface area (Å²) in [6.07, 6.45) is 3.66. The number of halogens is 2. The van der Waals surface area contributed by atoms with Crippen molar-refractivity contribution in [3.05, 3.63) is 69.9 Å². The van der Waals surface area contributed by atoms with Gasteiger partial charge in [-0.15, -0.1) is 0 Å². The first kappa shape index (κ1) is 15.5. The highest BCUT2D eigenvalue weighted by molar-refractivity contribution is 7.19.